The number of hydrogen-bond donors (Lipinski definition) is 0. The van der Waals surface area contributed by atoms with Crippen molar-refractivity contribution < 1.29 is 23.7 Å². The first-order chi connectivity index (χ1) is 10.9. The van der Waals surface area contributed by atoms with Crippen molar-refractivity contribution in [3.63, 3.8) is 0 Å². The van der Waals surface area contributed by atoms with Crippen molar-refractivity contribution in [1.29, 1.82) is 0 Å². The highest BCUT2D eigenvalue weighted by Gasteiger charge is 2.32. The quantitative estimate of drug-likeness (QED) is 0.457. The van der Waals surface area contributed by atoms with E-state index in [-0.39, 0.29) is 6.10 Å². The zero-order chi connectivity index (χ0) is 16.9. The molecule has 5 heteroatoms. The van der Waals surface area contributed by atoms with E-state index in [1.165, 1.54) is 6.08 Å². The molecule has 5 nitrogen and oxygen atoms in total. The number of ether oxygens (including phenoxy) is 4. The van der Waals surface area contributed by atoms with Crippen LogP contribution in [0.5, 0.6) is 5.75 Å². The molecule has 0 spiro atoms. The van der Waals surface area contributed by atoms with E-state index in [9.17, 15) is 4.79 Å². The lowest BCUT2D eigenvalue weighted by molar-refractivity contribution is -0.138. The summed E-state index contributed by atoms with van der Waals surface area (Å²) in [6.07, 6.45) is 2.20. The maximum Gasteiger partial charge on any atom is 0.334 e. The van der Waals surface area contributed by atoms with Gasteiger partial charge in [-0.3, -0.25) is 0 Å². The van der Waals surface area contributed by atoms with Crippen molar-refractivity contribution in [3.05, 3.63) is 41.7 Å². The third-order valence-electron chi connectivity index (χ3n) is 3.34. The molecule has 1 atom stereocenters. The standard InChI is InChI=1S/C18H24O5/c1-5-20-17(19)10-13(2)22-15-8-6-14(7-9-15)11-16-12-21-18(3,4)23-16/h6-10,16H,5,11-12H2,1-4H3/b13-10-/t16-/m0/s1. The molecule has 0 aliphatic carbocycles. The lowest BCUT2D eigenvalue weighted by atomic mass is 10.1. The SMILES string of the molecule is CCOC(=O)/C=C(/C)Oc1ccc(C[C@H]2COC(C)(C)O2)cc1. The minimum Gasteiger partial charge on any atom is -0.463 e. The minimum atomic E-state index is -0.497. The maximum atomic E-state index is 11.3. The number of benzene rings is 1. The first-order valence-electron chi connectivity index (χ1n) is 7.81. The van der Waals surface area contributed by atoms with E-state index in [1.807, 2.05) is 38.1 Å². The summed E-state index contributed by atoms with van der Waals surface area (Å²) in [6, 6.07) is 7.72. The van der Waals surface area contributed by atoms with E-state index in [0.29, 0.717) is 24.7 Å². The second-order valence-corrected chi connectivity index (χ2v) is 5.91. The van der Waals surface area contributed by atoms with Crippen LogP contribution in [0.2, 0.25) is 0 Å². The molecule has 1 aliphatic rings. The van der Waals surface area contributed by atoms with Crippen LogP contribution in [0, 0.1) is 0 Å². The number of hydrogen-bond acceptors (Lipinski definition) is 5. The van der Waals surface area contributed by atoms with Gasteiger partial charge in [-0.2, -0.15) is 0 Å². The molecule has 0 radical (unpaired) electrons. The fourth-order valence-corrected chi connectivity index (χ4v) is 2.39. The van der Waals surface area contributed by atoms with Crippen LogP contribution in [0.4, 0.5) is 0 Å². The molecule has 1 aromatic rings. The lowest BCUT2D eigenvalue weighted by Gasteiger charge is -2.17. The van der Waals surface area contributed by atoms with E-state index in [2.05, 4.69) is 0 Å². The molecular formula is C18H24O5. The Kier molecular flexibility index (Phi) is 5.80. The van der Waals surface area contributed by atoms with Gasteiger partial charge in [0.1, 0.15) is 11.5 Å². The Bertz CT molecular complexity index is 559. The first-order valence-corrected chi connectivity index (χ1v) is 7.81. The van der Waals surface area contributed by atoms with Gasteiger partial charge in [-0.15, -0.1) is 0 Å². The number of allylic oxidation sites excluding steroid dienone is 1. The number of esters is 1. The summed E-state index contributed by atoms with van der Waals surface area (Å²) in [5.41, 5.74) is 1.15. The van der Waals surface area contributed by atoms with Crippen molar-refractivity contribution in [2.75, 3.05) is 13.2 Å². The van der Waals surface area contributed by atoms with Crippen molar-refractivity contribution >= 4 is 5.97 Å². The zero-order valence-corrected chi connectivity index (χ0v) is 14.1. The van der Waals surface area contributed by atoms with Crippen LogP contribution in [0.15, 0.2) is 36.1 Å². The first kappa shape index (κ1) is 17.5. The summed E-state index contributed by atoms with van der Waals surface area (Å²) in [4.78, 5) is 11.3. The third kappa shape index (κ3) is 5.69. The van der Waals surface area contributed by atoms with Crippen LogP contribution in [0.3, 0.4) is 0 Å². The van der Waals surface area contributed by atoms with Crippen molar-refractivity contribution in [2.24, 2.45) is 0 Å². The molecule has 2 rings (SSSR count). The van der Waals surface area contributed by atoms with Gasteiger partial charge in [-0.05, 0) is 45.4 Å². The molecular weight excluding hydrogens is 296 g/mol. The second-order valence-electron chi connectivity index (χ2n) is 5.91. The maximum absolute atomic E-state index is 11.3. The predicted octanol–water partition coefficient (Wildman–Crippen LogP) is 3.23. The lowest BCUT2D eigenvalue weighted by Crippen LogP contribution is -2.22. The van der Waals surface area contributed by atoms with E-state index in [1.54, 1.807) is 13.8 Å². The third-order valence-corrected chi connectivity index (χ3v) is 3.34. The van der Waals surface area contributed by atoms with Gasteiger partial charge < -0.3 is 18.9 Å². The second kappa shape index (κ2) is 7.62. The summed E-state index contributed by atoms with van der Waals surface area (Å²) < 4.78 is 21.8. The van der Waals surface area contributed by atoms with Gasteiger partial charge >= 0.3 is 5.97 Å². The number of carbonyl (C=O) groups is 1. The molecule has 1 fully saturated rings. The average molecular weight is 320 g/mol. The fourth-order valence-electron chi connectivity index (χ4n) is 2.39. The average Bonchev–Trinajstić information content (AvgIpc) is 2.80. The van der Waals surface area contributed by atoms with Crippen molar-refractivity contribution in [2.45, 2.75) is 46.0 Å². The molecule has 126 valence electrons. The molecule has 1 heterocycles. The molecule has 23 heavy (non-hydrogen) atoms. The Morgan fingerprint density at radius 2 is 2.04 bits per heavy atom. The zero-order valence-electron chi connectivity index (χ0n) is 14.1. The Labute approximate surface area is 137 Å². The highest BCUT2D eigenvalue weighted by atomic mass is 16.7. The van der Waals surface area contributed by atoms with E-state index >= 15 is 0 Å². The smallest absolute Gasteiger partial charge is 0.334 e. The Morgan fingerprint density at radius 3 is 2.61 bits per heavy atom. The minimum absolute atomic E-state index is 0.0715. The van der Waals surface area contributed by atoms with Crippen LogP contribution in [-0.4, -0.2) is 31.1 Å². The van der Waals surface area contributed by atoms with Crippen LogP contribution < -0.4 is 4.74 Å². The molecule has 0 saturated carbocycles. The fraction of sp³-hybridized carbons (Fsp3) is 0.500. The Hall–Kier alpha value is -1.85. The highest BCUT2D eigenvalue weighted by Crippen LogP contribution is 2.25. The molecule has 1 aliphatic heterocycles. The topological polar surface area (TPSA) is 54.0 Å². The molecule has 0 N–H and O–H groups in total. The predicted molar refractivity (Wildman–Crippen MR) is 86.1 cm³/mol. The molecule has 0 unspecified atom stereocenters. The van der Waals surface area contributed by atoms with Gasteiger partial charge in [0.05, 0.1) is 25.4 Å². The summed E-state index contributed by atoms with van der Waals surface area (Å²) >= 11 is 0. The van der Waals surface area contributed by atoms with E-state index in [0.717, 1.165) is 12.0 Å². The van der Waals surface area contributed by atoms with Crippen LogP contribution in [-0.2, 0) is 25.4 Å². The summed E-state index contributed by atoms with van der Waals surface area (Å²) in [7, 11) is 0. The summed E-state index contributed by atoms with van der Waals surface area (Å²) in [6.45, 7) is 8.27. The van der Waals surface area contributed by atoms with E-state index < -0.39 is 11.8 Å². The normalized spacial score (nSPS) is 20.3. The largest absolute Gasteiger partial charge is 0.463 e. The van der Waals surface area contributed by atoms with Crippen LogP contribution in [0.25, 0.3) is 0 Å². The number of carbonyl (C=O) groups excluding carboxylic acids is 1. The van der Waals surface area contributed by atoms with Gasteiger partial charge in [-0.25, -0.2) is 4.79 Å². The van der Waals surface area contributed by atoms with Gasteiger partial charge in [0, 0.05) is 6.42 Å². The summed E-state index contributed by atoms with van der Waals surface area (Å²) in [5, 5.41) is 0. The molecule has 1 aromatic carbocycles. The Balaban J connectivity index is 1.88. The molecule has 0 bridgehead atoms. The van der Waals surface area contributed by atoms with Gasteiger partial charge in [0.15, 0.2) is 5.79 Å². The molecule has 0 aromatic heterocycles. The van der Waals surface area contributed by atoms with Gasteiger partial charge in [-0.1, -0.05) is 12.1 Å². The molecule has 1 saturated heterocycles. The monoisotopic (exact) mass is 320 g/mol. The van der Waals surface area contributed by atoms with Gasteiger partial charge in [0.2, 0.25) is 0 Å². The van der Waals surface area contributed by atoms with Gasteiger partial charge in [0.25, 0.3) is 0 Å². The van der Waals surface area contributed by atoms with Crippen LogP contribution in [0.1, 0.15) is 33.3 Å². The van der Waals surface area contributed by atoms with Crippen molar-refractivity contribution in [1.82, 2.24) is 0 Å². The highest BCUT2D eigenvalue weighted by molar-refractivity contribution is 5.82. The summed E-state index contributed by atoms with van der Waals surface area (Å²) in [5.74, 6) is 0.270. The Morgan fingerprint density at radius 1 is 1.35 bits per heavy atom. The van der Waals surface area contributed by atoms with Crippen LogP contribution >= 0.6 is 0 Å². The molecule has 0 amide bonds. The van der Waals surface area contributed by atoms with Crippen molar-refractivity contribution in [3.8, 4) is 5.75 Å². The van der Waals surface area contributed by atoms with E-state index in [4.69, 9.17) is 18.9 Å². The number of rotatable bonds is 6.